The highest BCUT2D eigenvalue weighted by Gasteiger charge is 2.19. The number of fused-ring (bicyclic) bond motifs is 1. The molecule has 2 N–H and O–H groups in total. The van der Waals surface area contributed by atoms with Crippen molar-refractivity contribution in [2.75, 3.05) is 24.9 Å². The molecule has 4 aromatic heterocycles. The minimum atomic E-state index is -0.513. The molecular weight excluding hydrogens is 436 g/mol. The molecule has 0 fully saturated rings. The number of hydrogen-bond acceptors (Lipinski definition) is 8. The quantitative estimate of drug-likeness (QED) is 0.452. The Bertz CT molecular complexity index is 1270. The maximum Gasteiger partial charge on any atom is 0.323 e. The Labute approximate surface area is 187 Å². The molecule has 1 unspecified atom stereocenters. The van der Waals surface area contributed by atoms with Gasteiger partial charge in [-0.25, -0.2) is 14.8 Å². The fraction of sp³-hybridized carbons (Fsp3) is 0.200. The first-order valence-electron chi connectivity index (χ1n) is 9.47. The van der Waals surface area contributed by atoms with Crippen LogP contribution in [0.15, 0.2) is 43.0 Å². The first-order valence-corrected chi connectivity index (χ1v) is 9.84. The average Bonchev–Trinajstić information content (AvgIpc) is 3.32. The molecule has 0 saturated carbocycles. The maximum atomic E-state index is 12.7. The number of pyridine rings is 3. The van der Waals surface area contributed by atoms with Crippen LogP contribution in [0, 0.1) is 0 Å². The van der Waals surface area contributed by atoms with Crippen molar-refractivity contribution >= 4 is 40.0 Å². The molecule has 0 spiro atoms. The van der Waals surface area contributed by atoms with Crippen molar-refractivity contribution in [1.29, 1.82) is 0 Å². The maximum absolute atomic E-state index is 12.7. The van der Waals surface area contributed by atoms with E-state index in [1.54, 1.807) is 31.5 Å². The van der Waals surface area contributed by atoms with Gasteiger partial charge in [-0.3, -0.25) is 4.98 Å². The number of ether oxygens (including phenoxy) is 2. The second kappa shape index (κ2) is 9.12. The second-order valence-electron chi connectivity index (χ2n) is 6.61. The Morgan fingerprint density at radius 1 is 1.12 bits per heavy atom. The van der Waals surface area contributed by atoms with Gasteiger partial charge >= 0.3 is 6.03 Å². The van der Waals surface area contributed by atoms with Crippen LogP contribution in [0.5, 0.6) is 5.88 Å². The second-order valence-corrected chi connectivity index (χ2v) is 7.02. The summed E-state index contributed by atoms with van der Waals surface area (Å²) in [7, 11) is 3.11. The molecule has 0 aromatic carbocycles. The lowest BCUT2D eigenvalue weighted by Crippen LogP contribution is -2.21. The van der Waals surface area contributed by atoms with Crippen LogP contribution in [0.1, 0.15) is 18.6 Å². The number of carbonyl (C=O) groups excluding carboxylic acids is 1. The number of aromatic nitrogens is 6. The summed E-state index contributed by atoms with van der Waals surface area (Å²) in [6.45, 7) is 1.85. The summed E-state index contributed by atoms with van der Waals surface area (Å²) < 4.78 is 10.7. The molecule has 164 valence electrons. The molecule has 0 bridgehead atoms. The number of halogens is 1. The summed E-state index contributed by atoms with van der Waals surface area (Å²) in [5.74, 6) is 0.774. The molecule has 0 aliphatic heterocycles. The minimum absolute atomic E-state index is 0.274. The van der Waals surface area contributed by atoms with Crippen LogP contribution >= 0.6 is 11.6 Å². The van der Waals surface area contributed by atoms with E-state index < -0.39 is 6.03 Å². The van der Waals surface area contributed by atoms with Crippen molar-refractivity contribution in [3.05, 3.63) is 53.6 Å². The lowest BCUT2D eigenvalue weighted by Gasteiger charge is -2.18. The third kappa shape index (κ3) is 4.29. The van der Waals surface area contributed by atoms with Crippen LogP contribution in [0.25, 0.3) is 16.9 Å². The number of amides is 2. The molecule has 4 heterocycles. The summed E-state index contributed by atoms with van der Waals surface area (Å²) in [6, 6.07) is 4.55. The van der Waals surface area contributed by atoms with Gasteiger partial charge in [-0.05, 0) is 19.1 Å². The zero-order chi connectivity index (χ0) is 22.7. The van der Waals surface area contributed by atoms with Gasteiger partial charge in [-0.2, -0.15) is 10.2 Å². The number of urea groups is 1. The summed E-state index contributed by atoms with van der Waals surface area (Å²) in [4.78, 5) is 27.0. The summed E-state index contributed by atoms with van der Waals surface area (Å²) in [5.41, 5.74) is 2.72. The van der Waals surface area contributed by atoms with Crippen molar-refractivity contribution in [3.63, 3.8) is 0 Å². The number of rotatable bonds is 6. The topological polar surface area (TPSA) is 129 Å². The Balaban J connectivity index is 1.60. The van der Waals surface area contributed by atoms with E-state index >= 15 is 0 Å². The van der Waals surface area contributed by atoms with Crippen molar-refractivity contribution in [1.82, 2.24) is 29.9 Å². The van der Waals surface area contributed by atoms with Gasteiger partial charge in [0.2, 0.25) is 5.88 Å². The Kier molecular flexibility index (Phi) is 6.10. The van der Waals surface area contributed by atoms with Crippen LogP contribution in [-0.4, -0.2) is 50.2 Å². The molecule has 1 atom stereocenters. The Morgan fingerprint density at radius 3 is 2.59 bits per heavy atom. The Morgan fingerprint density at radius 2 is 1.91 bits per heavy atom. The number of anilines is 2. The molecule has 0 aliphatic carbocycles. The monoisotopic (exact) mass is 454 g/mol. The summed E-state index contributed by atoms with van der Waals surface area (Å²) in [5, 5.41) is 13.7. The van der Waals surface area contributed by atoms with Gasteiger partial charge in [-0.15, -0.1) is 4.80 Å². The van der Waals surface area contributed by atoms with E-state index in [-0.39, 0.29) is 11.1 Å². The fourth-order valence-corrected chi connectivity index (χ4v) is 3.31. The van der Waals surface area contributed by atoms with Crippen LogP contribution in [0.2, 0.25) is 5.02 Å². The van der Waals surface area contributed by atoms with Gasteiger partial charge in [0.1, 0.15) is 5.52 Å². The summed E-state index contributed by atoms with van der Waals surface area (Å²) in [6.07, 6.45) is 5.66. The molecule has 0 radical (unpaired) electrons. The predicted octanol–water partition coefficient (Wildman–Crippen LogP) is 3.62. The number of methoxy groups -OCH3 is 2. The highest BCUT2D eigenvalue weighted by molar-refractivity contribution is 6.32. The van der Waals surface area contributed by atoms with E-state index in [4.69, 9.17) is 21.1 Å². The third-order valence-corrected chi connectivity index (χ3v) is 4.91. The third-order valence-electron chi connectivity index (χ3n) is 4.63. The van der Waals surface area contributed by atoms with Crippen LogP contribution < -0.4 is 15.4 Å². The highest BCUT2D eigenvalue weighted by Crippen LogP contribution is 2.32. The van der Waals surface area contributed by atoms with E-state index in [0.717, 1.165) is 0 Å². The van der Waals surface area contributed by atoms with Gasteiger partial charge in [0.25, 0.3) is 0 Å². The standard InChI is InChI=1S/C20H19ClN8O3/c1-11(31-2)17-15(10-22-14-4-5-16(32-3)28-18(14)17)27-20(30)26-12-8-13(21)19(23-9-12)29-24-6-7-25-29/h4-11H,1-3H3,(H2,26,27,30). The Hall–Kier alpha value is -3.83. The predicted molar refractivity (Wildman–Crippen MR) is 118 cm³/mol. The highest BCUT2D eigenvalue weighted by atomic mass is 35.5. The molecule has 12 heteroatoms. The lowest BCUT2D eigenvalue weighted by molar-refractivity contribution is 0.121. The molecule has 32 heavy (non-hydrogen) atoms. The van der Waals surface area contributed by atoms with Crippen LogP contribution in [0.3, 0.4) is 0 Å². The van der Waals surface area contributed by atoms with Gasteiger partial charge in [0.05, 0.1) is 59.9 Å². The van der Waals surface area contributed by atoms with E-state index in [2.05, 4.69) is 35.8 Å². The smallest absolute Gasteiger partial charge is 0.323 e. The van der Waals surface area contributed by atoms with Crippen molar-refractivity contribution in [2.45, 2.75) is 13.0 Å². The van der Waals surface area contributed by atoms with E-state index in [1.807, 2.05) is 6.92 Å². The molecule has 11 nitrogen and oxygen atoms in total. The van der Waals surface area contributed by atoms with Crippen molar-refractivity contribution in [2.24, 2.45) is 0 Å². The number of hydrogen-bond donors (Lipinski definition) is 2. The zero-order valence-electron chi connectivity index (χ0n) is 17.4. The van der Waals surface area contributed by atoms with Crippen LogP contribution in [0.4, 0.5) is 16.2 Å². The summed E-state index contributed by atoms with van der Waals surface area (Å²) >= 11 is 6.26. The van der Waals surface area contributed by atoms with Gasteiger partial charge in [0.15, 0.2) is 5.82 Å². The molecule has 2 amide bonds. The first-order chi connectivity index (χ1) is 15.5. The molecular formula is C20H19ClN8O3. The normalized spacial score (nSPS) is 11.9. The molecule has 0 saturated heterocycles. The van der Waals surface area contributed by atoms with Crippen molar-refractivity contribution < 1.29 is 14.3 Å². The molecule has 4 rings (SSSR count). The zero-order valence-corrected chi connectivity index (χ0v) is 18.2. The van der Waals surface area contributed by atoms with Gasteiger partial charge in [0, 0.05) is 18.7 Å². The minimum Gasteiger partial charge on any atom is -0.481 e. The molecule has 0 aliphatic rings. The number of carbonyl (C=O) groups is 1. The van der Waals surface area contributed by atoms with Crippen molar-refractivity contribution in [3.8, 4) is 11.7 Å². The van der Waals surface area contributed by atoms with Gasteiger partial charge < -0.3 is 20.1 Å². The van der Waals surface area contributed by atoms with E-state index in [0.29, 0.717) is 39.7 Å². The lowest BCUT2D eigenvalue weighted by atomic mass is 10.1. The van der Waals surface area contributed by atoms with Crippen LogP contribution in [-0.2, 0) is 4.74 Å². The van der Waals surface area contributed by atoms with Gasteiger partial charge in [-0.1, -0.05) is 11.6 Å². The SMILES string of the molecule is COc1ccc2ncc(NC(=O)Nc3cnc(-n4nccn4)c(Cl)c3)c(C(C)OC)c2n1. The largest absolute Gasteiger partial charge is 0.481 e. The first kappa shape index (κ1) is 21.4. The van der Waals surface area contributed by atoms with E-state index in [9.17, 15) is 4.79 Å². The average molecular weight is 455 g/mol. The number of nitrogens with zero attached hydrogens (tertiary/aromatic N) is 6. The van der Waals surface area contributed by atoms with E-state index in [1.165, 1.54) is 30.5 Å². The molecule has 4 aromatic rings. The number of nitrogens with one attached hydrogen (secondary N) is 2. The fourth-order valence-electron chi connectivity index (χ4n) is 3.07.